The van der Waals surface area contributed by atoms with Gasteiger partial charge in [-0.15, -0.1) is 0 Å². The lowest BCUT2D eigenvalue weighted by Gasteiger charge is -2.06. The fourth-order valence-corrected chi connectivity index (χ4v) is 1.74. The number of halogens is 1. The molecular formula is C12H10ClNO2. The van der Waals surface area contributed by atoms with Crippen LogP contribution in [0.15, 0.2) is 30.5 Å². The molecule has 1 aromatic heterocycles. The average molecular weight is 236 g/mol. The zero-order chi connectivity index (χ0) is 11.5. The number of aromatic nitrogens is 1. The van der Waals surface area contributed by atoms with Crippen molar-refractivity contribution in [2.45, 2.75) is 6.92 Å². The van der Waals surface area contributed by atoms with E-state index in [9.17, 15) is 4.79 Å². The summed E-state index contributed by atoms with van der Waals surface area (Å²) in [5.74, 6) is -0.372. The van der Waals surface area contributed by atoms with E-state index >= 15 is 0 Å². The number of rotatable bonds is 2. The zero-order valence-electron chi connectivity index (χ0n) is 8.74. The van der Waals surface area contributed by atoms with E-state index in [-0.39, 0.29) is 5.97 Å². The van der Waals surface area contributed by atoms with Crippen LogP contribution in [0.5, 0.6) is 0 Å². The number of pyridine rings is 1. The van der Waals surface area contributed by atoms with Crippen molar-refractivity contribution in [1.29, 1.82) is 0 Å². The Balaban J connectivity index is 2.63. The number of carbonyl (C=O) groups is 1. The van der Waals surface area contributed by atoms with E-state index in [0.29, 0.717) is 17.3 Å². The minimum atomic E-state index is -0.372. The maximum absolute atomic E-state index is 11.7. The monoisotopic (exact) mass is 235 g/mol. The molecule has 0 amide bonds. The topological polar surface area (TPSA) is 39.2 Å². The lowest BCUT2D eigenvalue weighted by Crippen LogP contribution is -2.06. The Hall–Kier alpha value is -1.61. The summed E-state index contributed by atoms with van der Waals surface area (Å²) in [6.45, 7) is 2.11. The van der Waals surface area contributed by atoms with Crippen molar-refractivity contribution >= 4 is 28.3 Å². The number of ether oxygens (including phenoxy) is 1. The van der Waals surface area contributed by atoms with Gasteiger partial charge in [0.2, 0.25) is 0 Å². The van der Waals surface area contributed by atoms with Gasteiger partial charge in [-0.1, -0.05) is 35.9 Å². The van der Waals surface area contributed by atoms with Crippen molar-refractivity contribution in [2.24, 2.45) is 0 Å². The van der Waals surface area contributed by atoms with Gasteiger partial charge in [0, 0.05) is 17.0 Å². The molecule has 0 spiro atoms. The first-order valence-corrected chi connectivity index (χ1v) is 5.32. The van der Waals surface area contributed by atoms with Crippen LogP contribution in [0.25, 0.3) is 10.8 Å². The van der Waals surface area contributed by atoms with Gasteiger partial charge in [0.05, 0.1) is 12.2 Å². The molecule has 16 heavy (non-hydrogen) atoms. The second kappa shape index (κ2) is 4.49. The van der Waals surface area contributed by atoms with Crippen LogP contribution in [0.4, 0.5) is 0 Å². The summed E-state index contributed by atoms with van der Waals surface area (Å²) in [5, 5.41) is 1.92. The summed E-state index contributed by atoms with van der Waals surface area (Å²) in [6.07, 6.45) is 1.45. The highest BCUT2D eigenvalue weighted by Crippen LogP contribution is 2.24. The Morgan fingerprint density at radius 1 is 1.38 bits per heavy atom. The molecule has 2 rings (SSSR count). The quantitative estimate of drug-likeness (QED) is 0.593. The van der Waals surface area contributed by atoms with Crippen LogP contribution in [0.3, 0.4) is 0 Å². The van der Waals surface area contributed by atoms with Crippen molar-refractivity contribution in [3.8, 4) is 0 Å². The molecule has 4 heteroatoms. The fourth-order valence-electron chi connectivity index (χ4n) is 1.53. The van der Waals surface area contributed by atoms with E-state index in [1.54, 1.807) is 6.92 Å². The fraction of sp³-hybridized carbons (Fsp3) is 0.167. The summed E-state index contributed by atoms with van der Waals surface area (Å²) in [7, 11) is 0. The lowest BCUT2D eigenvalue weighted by atomic mass is 10.1. The molecule has 82 valence electrons. The number of nitrogens with zero attached hydrogens (tertiary/aromatic N) is 1. The number of carbonyl (C=O) groups excluding carboxylic acids is 1. The summed E-state index contributed by atoms with van der Waals surface area (Å²) < 4.78 is 4.95. The molecule has 0 saturated heterocycles. The second-order valence-electron chi connectivity index (χ2n) is 3.23. The minimum absolute atomic E-state index is 0.343. The first-order valence-electron chi connectivity index (χ1n) is 4.94. The van der Waals surface area contributed by atoms with E-state index in [4.69, 9.17) is 16.3 Å². The highest BCUT2D eigenvalue weighted by Gasteiger charge is 2.12. The van der Waals surface area contributed by atoms with E-state index in [0.717, 1.165) is 10.8 Å². The summed E-state index contributed by atoms with van der Waals surface area (Å²) in [6, 6.07) is 7.36. The van der Waals surface area contributed by atoms with E-state index in [1.165, 1.54) is 6.20 Å². The Kier molecular flexibility index (Phi) is 3.06. The molecule has 0 aliphatic rings. The van der Waals surface area contributed by atoms with Gasteiger partial charge in [-0.3, -0.25) is 0 Å². The highest BCUT2D eigenvalue weighted by atomic mass is 35.5. The molecule has 0 unspecified atom stereocenters. The van der Waals surface area contributed by atoms with Crippen LogP contribution >= 0.6 is 11.6 Å². The van der Waals surface area contributed by atoms with Gasteiger partial charge in [-0.25, -0.2) is 9.78 Å². The van der Waals surface area contributed by atoms with Gasteiger partial charge < -0.3 is 4.74 Å². The SMILES string of the molecule is CCOC(=O)c1cnc(Cl)c2ccccc12. The summed E-state index contributed by atoms with van der Waals surface area (Å²) >= 11 is 5.95. The third-order valence-corrected chi connectivity index (χ3v) is 2.54. The number of benzene rings is 1. The molecular weight excluding hydrogens is 226 g/mol. The van der Waals surface area contributed by atoms with Gasteiger partial charge in [-0.05, 0) is 6.92 Å². The van der Waals surface area contributed by atoms with Crippen LogP contribution in [0, 0.1) is 0 Å². The largest absolute Gasteiger partial charge is 0.462 e. The van der Waals surface area contributed by atoms with Crippen molar-refractivity contribution in [3.63, 3.8) is 0 Å². The maximum Gasteiger partial charge on any atom is 0.340 e. The van der Waals surface area contributed by atoms with Crippen LogP contribution < -0.4 is 0 Å². The minimum Gasteiger partial charge on any atom is -0.462 e. The second-order valence-corrected chi connectivity index (χ2v) is 3.59. The smallest absolute Gasteiger partial charge is 0.340 e. The Bertz CT molecular complexity index is 540. The van der Waals surface area contributed by atoms with Gasteiger partial charge in [0.15, 0.2) is 0 Å². The number of hydrogen-bond donors (Lipinski definition) is 0. The van der Waals surface area contributed by atoms with Crippen LogP contribution in [0.1, 0.15) is 17.3 Å². The molecule has 0 saturated carbocycles. The molecule has 0 aliphatic carbocycles. The number of fused-ring (bicyclic) bond motifs is 1. The van der Waals surface area contributed by atoms with Gasteiger partial charge in [0.1, 0.15) is 5.15 Å². The van der Waals surface area contributed by atoms with E-state index in [1.807, 2.05) is 24.3 Å². The number of esters is 1. The number of hydrogen-bond acceptors (Lipinski definition) is 3. The van der Waals surface area contributed by atoms with Crippen LogP contribution in [-0.2, 0) is 4.74 Å². The van der Waals surface area contributed by atoms with Gasteiger partial charge in [-0.2, -0.15) is 0 Å². The van der Waals surface area contributed by atoms with Crippen LogP contribution in [0.2, 0.25) is 5.15 Å². The predicted molar refractivity (Wildman–Crippen MR) is 62.7 cm³/mol. The Morgan fingerprint density at radius 2 is 2.06 bits per heavy atom. The molecule has 0 fully saturated rings. The van der Waals surface area contributed by atoms with E-state index < -0.39 is 0 Å². The molecule has 0 N–H and O–H groups in total. The Morgan fingerprint density at radius 3 is 2.75 bits per heavy atom. The highest BCUT2D eigenvalue weighted by molar-refractivity contribution is 6.34. The van der Waals surface area contributed by atoms with Crippen molar-refractivity contribution in [3.05, 3.63) is 41.2 Å². The molecule has 2 aromatic rings. The maximum atomic E-state index is 11.7. The first kappa shape index (κ1) is 10.9. The van der Waals surface area contributed by atoms with Crippen molar-refractivity contribution in [2.75, 3.05) is 6.61 Å². The predicted octanol–water partition coefficient (Wildman–Crippen LogP) is 3.06. The molecule has 0 atom stereocenters. The standard InChI is InChI=1S/C12H10ClNO2/c1-2-16-12(15)10-7-14-11(13)9-6-4-3-5-8(9)10/h3-7H,2H2,1H3. The molecule has 0 bridgehead atoms. The van der Waals surface area contributed by atoms with Gasteiger partial charge in [0.25, 0.3) is 0 Å². The molecule has 0 aliphatic heterocycles. The van der Waals surface area contributed by atoms with Crippen molar-refractivity contribution in [1.82, 2.24) is 4.98 Å². The molecule has 3 nitrogen and oxygen atoms in total. The third-order valence-electron chi connectivity index (χ3n) is 2.24. The molecule has 1 heterocycles. The van der Waals surface area contributed by atoms with E-state index in [2.05, 4.69) is 4.98 Å². The third kappa shape index (κ3) is 1.86. The normalized spacial score (nSPS) is 10.4. The zero-order valence-corrected chi connectivity index (χ0v) is 9.49. The first-order chi connectivity index (χ1) is 7.74. The lowest BCUT2D eigenvalue weighted by molar-refractivity contribution is 0.0528. The summed E-state index contributed by atoms with van der Waals surface area (Å²) in [5.41, 5.74) is 0.446. The van der Waals surface area contributed by atoms with Crippen LogP contribution in [-0.4, -0.2) is 17.6 Å². The molecule has 0 radical (unpaired) electrons. The molecule has 1 aromatic carbocycles. The van der Waals surface area contributed by atoms with Crippen molar-refractivity contribution < 1.29 is 9.53 Å². The van der Waals surface area contributed by atoms with Gasteiger partial charge >= 0.3 is 5.97 Å². The summed E-state index contributed by atoms with van der Waals surface area (Å²) in [4.78, 5) is 15.6. The Labute approximate surface area is 98.0 Å². The average Bonchev–Trinajstić information content (AvgIpc) is 2.30.